The van der Waals surface area contributed by atoms with Crippen LogP contribution in [-0.4, -0.2) is 9.97 Å². The second-order valence-electron chi connectivity index (χ2n) is 3.25. The van der Waals surface area contributed by atoms with Crippen LogP contribution < -0.4 is 5.56 Å². The molecule has 0 amide bonds. The van der Waals surface area contributed by atoms with Crippen LogP contribution in [0.1, 0.15) is 11.3 Å². The highest BCUT2D eigenvalue weighted by Crippen LogP contribution is 2.20. The molecular formula is C10H9BrN2O2. The molecule has 2 rings (SSSR count). The standard InChI is InChI=1S/C10H9BrN2O2/c1-5-3-4-15-8(5)9-12-6(2)7(11)10(14)13-9/h3-4H,1-2H3,(H,12,13,14). The van der Waals surface area contributed by atoms with Crippen molar-refractivity contribution < 1.29 is 4.42 Å². The first-order valence-electron chi connectivity index (χ1n) is 4.40. The number of hydrogen-bond donors (Lipinski definition) is 1. The highest BCUT2D eigenvalue weighted by molar-refractivity contribution is 9.10. The van der Waals surface area contributed by atoms with E-state index in [9.17, 15) is 4.79 Å². The molecule has 1 N–H and O–H groups in total. The van der Waals surface area contributed by atoms with E-state index in [2.05, 4.69) is 25.9 Å². The van der Waals surface area contributed by atoms with Crippen LogP contribution in [0.15, 0.2) is 26.0 Å². The van der Waals surface area contributed by atoms with Crippen LogP contribution in [0, 0.1) is 13.8 Å². The molecule has 0 radical (unpaired) electrons. The number of rotatable bonds is 1. The van der Waals surface area contributed by atoms with Crippen molar-refractivity contribution in [3.8, 4) is 11.6 Å². The minimum absolute atomic E-state index is 0.201. The molecule has 2 heterocycles. The number of halogens is 1. The lowest BCUT2D eigenvalue weighted by molar-refractivity contribution is 0.575. The maximum Gasteiger partial charge on any atom is 0.265 e. The van der Waals surface area contributed by atoms with Gasteiger partial charge in [0.25, 0.3) is 5.56 Å². The quantitative estimate of drug-likeness (QED) is 0.864. The van der Waals surface area contributed by atoms with Gasteiger partial charge in [-0.3, -0.25) is 4.79 Å². The van der Waals surface area contributed by atoms with Crippen molar-refractivity contribution in [1.29, 1.82) is 0 Å². The summed E-state index contributed by atoms with van der Waals surface area (Å²) in [6.45, 7) is 3.66. The normalized spacial score (nSPS) is 10.6. The Hall–Kier alpha value is -1.36. The molecule has 0 spiro atoms. The zero-order chi connectivity index (χ0) is 11.0. The topological polar surface area (TPSA) is 58.9 Å². The highest BCUT2D eigenvalue weighted by atomic mass is 79.9. The summed E-state index contributed by atoms with van der Waals surface area (Å²) in [5, 5.41) is 0. The average molecular weight is 269 g/mol. The second-order valence-corrected chi connectivity index (χ2v) is 4.04. The van der Waals surface area contributed by atoms with Crippen LogP contribution in [0.3, 0.4) is 0 Å². The Morgan fingerprint density at radius 2 is 2.20 bits per heavy atom. The molecule has 15 heavy (non-hydrogen) atoms. The Labute approximate surface area is 94.5 Å². The van der Waals surface area contributed by atoms with Gasteiger partial charge in [-0.1, -0.05) is 0 Å². The summed E-state index contributed by atoms with van der Waals surface area (Å²) < 4.78 is 5.71. The van der Waals surface area contributed by atoms with Crippen LogP contribution in [0.2, 0.25) is 0 Å². The largest absolute Gasteiger partial charge is 0.461 e. The lowest BCUT2D eigenvalue weighted by Crippen LogP contribution is -2.11. The molecule has 78 valence electrons. The fourth-order valence-electron chi connectivity index (χ4n) is 1.29. The van der Waals surface area contributed by atoms with Gasteiger partial charge in [-0.25, -0.2) is 4.98 Å². The molecule has 0 aromatic carbocycles. The highest BCUT2D eigenvalue weighted by Gasteiger charge is 2.11. The Balaban J connectivity index is 2.66. The third kappa shape index (κ3) is 1.74. The van der Waals surface area contributed by atoms with Gasteiger partial charge in [0.05, 0.1) is 12.0 Å². The first-order valence-corrected chi connectivity index (χ1v) is 5.20. The number of H-pyrrole nitrogens is 1. The van der Waals surface area contributed by atoms with E-state index in [4.69, 9.17) is 4.42 Å². The van der Waals surface area contributed by atoms with Gasteiger partial charge in [0.2, 0.25) is 0 Å². The summed E-state index contributed by atoms with van der Waals surface area (Å²) in [6.07, 6.45) is 1.57. The predicted octanol–water partition coefficient (Wildman–Crippen LogP) is 2.41. The smallest absolute Gasteiger partial charge is 0.265 e. The lowest BCUT2D eigenvalue weighted by Gasteiger charge is -2.01. The first-order chi connectivity index (χ1) is 7.09. The van der Waals surface area contributed by atoms with E-state index >= 15 is 0 Å². The summed E-state index contributed by atoms with van der Waals surface area (Å²) in [7, 11) is 0. The monoisotopic (exact) mass is 268 g/mol. The summed E-state index contributed by atoms with van der Waals surface area (Å²) >= 11 is 3.16. The van der Waals surface area contributed by atoms with E-state index in [1.165, 1.54) is 0 Å². The molecule has 0 fully saturated rings. The van der Waals surface area contributed by atoms with E-state index in [-0.39, 0.29) is 5.56 Å². The third-order valence-electron chi connectivity index (χ3n) is 2.11. The fourth-order valence-corrected chi connectivity index (χ4v) is 1.48. The second kappa shape index (κ2) is 3.66. The molecule has 0 aliphatic rings. The van der Waals surface area contributed by atoms with E-state index in [1.807, 2.05) is 13.0 Å². The summed E-state index contributed by atoms with van der Waals surface area (Å²) in [5.41, 5.74) is 1.39. The van der Waals surface area contributed by atoms with Crippen LogP contribution in [0.5, 0.6) is 0 Å². The van der Waals surface area contributed by atoms with Gasteiger partial charge in [-0.05, 0) is 41.4 Å². The first kappa shape index (κ1) is 10.2. The number of hydrogen-bond acceptors (Lipinski definition) is 3. The average Bonchev–Trinajstić information content (AvgIpc) is 2.60. The Bertz CT molecular complexity index is 557. The molecule has 0 unspecified atom stereocenters. The van der Waals surface area contributed by atoms with Crippen LogP contribution >= 0.6 is 15.9 Å². The van der Waals surface area contributed by atoms with Crippen molar-refractivity contribution >= 4 is 15.9 Å². The summed E-state index contributed by atoms with van der Waals surface area (Å²) in [4.78, 5) is 18.4. The minimum atomic E-state index is -0.201. The van der Waals surface area contributed by atoms with Crippen molar-refractivity contribution in [2.45, 2.75) is 13.8 Å². The molecule has 2 aromatic heterocycles. The van der Waals surface area contributed by atoms with Gasteiger partial charge in [0.15, 0.2) is 11.6 Å². The van der Waals surface area contributed by atoms with E-state index in [1.54, 1.807) is 13.2 Å². The number of aromatic nitrogens is 2. The Kier molecular flexibility index (Phi) is 2.48. The lowest BCUT2D eigenvalue weighted by atomic mass is 10.2. The van der Waals surface area contributed by atoms with E-state index in [0.29, 0.717) is 21.8 Å². The number of nitrogens with one attached hydrogen (secondary N) is 1. The fraction of sp³-hybridized carbons (Fsp3) is 0.200. The number of furan rings is 1. The molecule has 0 saturated heterocycles. The molecule has 5 heteroatoms. The molecule has 0 aliphatic carbocycles. The van der Waals surface area contributed by atoms with Crippen molar-refractivity contribution in [2.24, 2.45) is 0 Å². The Morgan fingerprint density at radius 3 is 2.73 bits per heavy atom. The van der Waals surface area contributed by atoms with Gasteiger partial charge < -0.3 is 9.40 Å². The maximum absolute atomic E-state index is 11.5. The van der Waals surface area contributed by atoms with Gasteiger partial charge in [0, 0.05) is 0 Å². The zero-order valence-corrected chi connectivity index (χ0v) is 9.88. The zero-order valence-electron chi connectivity index (χ0n) is 8.30. The molecule has 0 bridgehead atoms. The Morgan fingerprint density at radius 1 is 1.47 bits per heavy atom. The minimum Gasteiger partial charge on any atom is -0.461 e. The molecule has 0 aliphatic heterocycles. The van der Waals surface area contributed by atoms with Gasteiger partial charge in [-0.2, -0.15) is 0 Å². The summed E-state index contributed by atoms with van der Waals surface area (Å²) in [6, 6.07) is 1.83. The van der Waals surface area contributed by atoms with E-state index in [0.717, 1.165) is 5.56 Å². The molecule has 4 nitrogen and oxygen atoms in total. The van der Waals surface area contributed by atoms with Crippen LogP contribution in [0.4, 0.5) is 0 Å². The number of aromatic amines is 1. The van der Waals surface area contributed by atoms with Crippen LogP contribution in [-0.2, 0) is 0 Å². The maximum atomic E-state index is 11.5. The SMILES string of the molecule is Cc1ccoc1-c1nc(C)c(Br)c(=O)[nH]1. The van der Waals surface area contributed by atoms with Crippen molar-refractivity contribution in [2.75, 3.05) is 0 Å². The van der Waals surface area contributed by atoms with Crippen LogP contribution in [0.25, 0.3) is 11.6 Å². The van der Waals surface area contributed by atoms with Crippen molar-refractivity contribution in [1.82, 2.24) is 9.97 Å². The number of aryl methyl sites for hydroxylation is 2. The third-order valence-corrected chi connectivity index (χ3v) is 3.04. The molecule has 2 aromatic rings. The number of nitrogens with zero attached hydrogens (tertiary/aromatic N) is 1. The van der Waals surface area contributed by atoms with Crippen molar-refractivity contribution in [3.63, 3.8) is 0 Å². The molecule has 0 saturated carbocycles. The molecular weight excluding hydrogens is 260 g/mol. The molecule has 0 atom stereocenters. The predicted molar refractivity (Wildman–Crippen MR) is 59.7 cm³/mol. The van der Waals surface area contributed by atoms with Gasteiger partial charge in [-0.15, -0.1) is 0 Å². The summed E-state index contributed by atoms with van der Waals surface area (Å²) in [5.74, 6) is 1.06. The van der Waals surface area contributed by atoms with E-state index < -0.39 is 0 Å². The van der Waals surface area contributed by atoms with Gasteiger partial charge in [0.1, 0.15) is 4.47 Å². The van der Waals surface area contributed by atoms with Gasteiger partial charge >= 0.3 is 0 Å². The van der Waals surface area contributed by atoms with Crippen molar-refractivity contribution in [3.05, 3.63) is 38.4 Å².